The molecule has 0 aromatic heterocycles. The lowest BCUT2D eigenvalue weighted by Crippen LogP contribution is -2.19. The van der Waals surface area contributed by atoms with Crippen molar-refractivity contribution in [2.24, 2.45) is 0 Å². The van der Waals surface area contributed by atoms with Crippen LogP contribution in [0.3, 0.4) is 0 Å². The van der Waals surface area contributed by atoms with Gasteiger partial charge in [0.2, 0.25) is 0 Å². The number of hydrogen-bond acceptors (Lipinski definition) is 2. The SMILES string of the molecule is CCN(c1ccccc1)c1c(F)cccc1CO. The topological polar surface area (TPSA) is 23.5 Å². The van der Waals surface area contributed by atoms with Crippen molar-refractivity contribution in [2.75, 3.05) is 11.4 Å². The van der Waals surface area contributed by atoms with Crippen LogP contribution in [0, 0.1) is 5.82 Å². The Morgan fingerprint density at radius 1 is 1.06 bits per heavy atom. The van der Waals surface area contributed by atoms with Crippen molar-refractivity contribution in [3.63, 3.8) is 0 Å². The van der Waals surface area contributed by atoms with Crippen molar-refractivity contribution < 1.29 is 9.50 Å². The number of benzene rings is 2. The van der Waals surface area contributed by atoms with Gasteiger partial charge in [0.05, 0.1) is 12.3 Å². The first-order valence-corrected chi connectivity index (χ1v) is 5.98. The lowest BCUT2D eigenvalue weighted by molar-refractivity contribution is 0.281. The molecule has 0 atom stereocenters. The number of rotatable bonds is 4. The van der Waals surface area contributed by atoms with Gasteiger partial charge in [-0.1, -0.05) is 30.3 Å². The molecule has 2 aromatic rings. The molecule has 94 valence electrons. The third-order valence-corrected chi connectivity index (χ3v) is 2.89. The van der Waals surface area contributed by atoms with Crippen LogP contribution in [0.4, 0.5) is 15.8 Å². The average molecular weight is 245 g/mol. The summed E-state index contributed by atoms with van der Waals surface area (Å²) in [5.41, 5.74) is 1.97. The molecule has 18 heavy (non-hydrogen) atoms. The Kier molecular flexibility index (Phi) is 3.95. The molecule has 2 rings (SSSR count). The van der Waals surface area contributed by atoms with E-state index in [-0.39, 0.29) is 12.4 Å². The van der Waals surface area contributed by atoms with Crippen molar-refractivity contribution in [1.82, 2.24) is 0 Å². The molecular formula is C15H16FNO. The quantitative estimate of drug-likeness (QED) is 0.891. The normalized spacial score (nSPS) is 10.4. The average Bonchev–Trinajstić information content (AvgIpc) is 2.42. The van der Waals surface area contributed by atoms with Crippen LogP contribution in [0.2, 0.25) is 0 Å². The fourth-order valence-electron chi connectivity index (χ4n) is 2.07. The maximum Gasteiger partial charge on any atom is 0.147 e. The van der Waals surface area contributed by atoms with E-state index in [0.29, 0.717) is 17.8 Å². The van der Waals surface area contributed by atoms with E-state index in [1.54, 1.807) is 12.1 Å². The van der Waals surface area contributed by atoms with E-state index >= 15 is 0 Å². The maximum absolute atomic E-state index is 14.0. The van der Waals surface area contributed by atoms with Crippen LogP contribution < -0.4 is 4.90 Å². The molecule has 0 aliphatic rings. The summed E-state index contributed by atoms with van der Waals surface area (Å²) in [6, 6.07) is 14.4. The van der Waals surface area contributed by atoms with Gasteiger partial charge in [-0.25, -0.2) is 4.39 Å². The van der Waals surface area contributed by atoms with E-state index in [2.05, 4.69) is 0 Å². The molecular weight excluding hydrogens is 229 g/mol. The molecule has 0 bridgehead atoms. The predicted molar refractivity (Wildman–Crippen MR) is 71.4 cm³/mol. The zero-order chi connectivity index (χ0) is 13.0. The zero-order valence-electron chi connectivity index (χ0n) is 10.3. The molecule has 3 heteroatoms. The molecule has 0 heterocycles. The number of halogens is 1. The summed E-state index contributed by atoms with van der Waals surface area (Å²) >= 11 is 0. The number of nitrogens with zero attached hydrogens (tertiary/aromatic N) is 1. The van der Waals surface area contributed by atoms with E-state index in [0.717, 1.165) is 5.69 Å². The van der Waals surface area contributed by atoms with Crippen LogP contribution in [0.1, 0.15) is 12.5 Å². The Morgan fingerprint density at radius 3 is 2.39 bits per heavy atom. The van der Waals surface area contributed by atoms with Gasteiger partial charge < -0.3 is 10.0 Å². The number of aliphatic hydroxyl groups excluding tert-OH is 1. The molecule has 0 saturated carbocycles. The fraction of sp³-hybridized carbons (Fsp3) is 0.200. The number of para-hydroxylation sites is 2. The van der Waals surface area contributed by atoms with Gasteiger partial charge in [0.1, 0.15) is 5.82 Å². The number of hydrogen-bond donors (Lipinski definition) is 1. The molecule has 2 aromatic carbocycles. The predicted octanol–water partition coefficient (Wildman–Crippen LogP) is 3.48. The summed E-state index contributed by atoms with van der Waals surface area (Å²) in [4.78, 5) is 1.86. The molecule has 0 aliphatic carbocycles. The largest absolute Gasteiger partial charge is 0.392 e. The van der Waals surface area contributed by atoms with Crippen LogP contribution in [0.5, 0.6) is 0 Å². The Morgan fingerprint density at radius 2 is 1.78 bits per heavy atom. The van der Waals surface area contributed by atoms with Crippen LogP contribution >= 0.6 is 0 Å². The zero-order valence-corrected chi connectivity index (χ0v) is 10.3. The molecule has 1 N–H and O–H groups in total. The molecule has 0 aliphatic heterocycles. The van der Waals surface area contributed by atoms with Gasteiger partial charge in [-0.2, -0.15) is 0 Å². The second-order valence-corrected chi connectivity index (χ2v) is 3.99. The summed E-state index contributed by atoms with van der Waals surface area (Å²) in [6.07, 6.45) is 0. The summed E-state index contributed by atoms with van der Waals surface area (Å²) < 4.78 is 14.0. The second kappa shape index (κ2) is 5.65. The Bertz CT molecular complexity index is 513. The highest BCUT2D eigenvalue weighted by Gasteiger charge is 2.15. The molecule has 0 fully saturated rings. The highest BCUT2D eigenvalue weighted by atomic mass is 19.1. The first-order chi connectivity index (χ1) is 8.77. The second-order valence-electron chi connectivity index (χ2n) is 3.99. The summed E-state index contributed by atoms with van der Waals surface area (Å²) in [5.74, 6) is -0.313. The lowest BCUT2D eigenvalue weighted by Gasteiger charge is -2.25. The number of anilines is 2. The molecule has 0 unspecified atom stereocenters. The van der Waals surface area contributed by atoms with Crippen molar-refractivity contribution in [3.05, 3.63) is 59.9 Å². The minimum Gasteiger partial charge on any atom is -0.392 e. The Labute approximate surface area is 106 Å². The van der Waals surface area contributed by atoms with E-state index in [1.165, 1.54) is 6.07 Å². The van der Waals surface area contributed by atoms with E-state index in [9.17, 15) is 9.50 Å². The first-order valence-electron chi connectivity index (χ1n) is 5.98. The van der Waals surface area contributed by atoms with Gasteiger partial charge in [0, 0.05) is 17.8 Å². The van der Waals surface area contributed by atoms with Gasteiger partial charge in [0.15, 0.2) is 0 Å². The Hall–Kier alpha value is -1.87. The molecule has 0 radical (unpaired) electrons. The Balaban J connectivity index is 2.52. The van der Waals surface area contributed by atoms with Crippen LogP contribution in [-0.2, 0) is 6.61 Å². The minimum absolute atomic E-state index is 0.170. The van der Waals surface area contributed by atoms with Crippen molar-refractivity contribution in [3.8, 4) is 0 Å². The summed E-state index contributed by atoms with van der Waals surface area (Å²) in [5, 5.41) is 9.34. The van der Waals surface area contributed by atoms with Crippen molar-refractivity contribution >= 4 is 11.4 Å². The van der Waals surface area contributed by atoms with Gasteiger partial charge in [-0.05, 0) is 25.1 Å². The monoisotopic (exact) mass is 245 g/mol. The van der Waals surface area contributed by atoms with Crippen molar-refractivity contribution in [1.29, 1.82) is 0 Å². The van der Waals surface area contributed by atoms with Crippen LogP contribution in [0.25, 0.3) is 0 Å². The van der Waals surface area contributed by atoms with Gasteiger partial charge in [-0.15, -0.1) is 0 Å². The van der Waals surface area contributed by atoms with Gasteiger partial charge >= 0.3 is 0 Å². The van der Waals surface area contributed by atoms with Crippen LogP contribution in [0.15, 0.2) is 48.5 Å². The van der Waals surface area contributed by atoms with Crippen molar-refractivity contribution in [2.45, 2.75) is 13.5 Å². The minimum atomic E-state index is -0.313. The molecule has 0 amide bonds. The van der Waals surface area contributed by atoms with Gasteiger partial charge in [-0.3, -0.25) is 0 Å². The van der Waals surface area contributed by atoms with E-state index in [1.807, 2.05) is 42.2 Å². The standard InChI is InChI=1S/C15H16FNO/c1-2-17(13-8-4-3-5-9-13)15-12(11-18)7-6-10-14(15)16/h3-10,18H,2,11H2,1H3. The third kappa shape index (κ3) is 2.36. The molecule has 0 spiro atoms. The highest BCUT2D eigenvalue weighted by molar-refractivity contribution is 5.66. The number of aliphatic hydroxyl groups is 1. The first kappa shape index (κ1) is 12.6. The maximum atomic E-state index is 14.0. The summed E-state index contributed by atoms with van der Waals surface area (Å²) in [7, 11) is 0. The summed E-state index contributed by atoms with van der Waals surface area (Å²) in [6.45, 7) is 2.43. The third-order valence-electron chi connectivity index (χ3n) is 2.89. The highest BCUT2D eigenvalue weighted by Crippen LogP contribution is 2.30. The molecule has 2 nitrogen and oxygen atoms in total. The smallest absolute Gasteiger partial charge is 0.147 e. The molecule has 0 saturated heterocycles. The fourth-order valence-corrected chi connectivity index (χ4v) is 2.07. The van der Waals surface area contributed by atoms with Gasteiger partial charge in [0.25, 0.3) is 0 Å². The lowest BCUT2D eigenvalue weighted by atomic mass is 10.1. The van der Waals surface area contributed by atoms with E-state index < -0.39 is 0 Å². The van der Waals surface area contributed by atoms with Crippen LogP contribution in [-0.4, -0.2) is 11.7 Å². The van der Waals surface area contributed by atoms with E-state index in [4.69, 9.17) is 0 Å².